The van der Waals surface area contributed by atoms with Gasteiger partial charge in [-0.25, -0.2) is 5.43 Å². The predicted molar refractivity (Wildman–Crippen MR) is 98.4 cm³/mol. The molecule has 3 rings (SSSR count). The van der Waals surface area contributed by atoms with Crippen LogP contribution in [0.4, 0.5) is 5.88 Å². The SMILES string of the molecule is Cc1c(C(=O)N/N=C/c2ccc([N+](=O)[O-])o2)oc2c(Br)cc(Br)c(O)c12. The number of amides is 1. The number of carbonyl (C=O) groups is 1. The average molecular weight is 487 g/mol. The van der Waals surface area contributed by atoms with Crippen molar-refractivity contribution in [2.45, 2.75) is 6.92 Å². The van der Waals surface area contributed by atoms with Gasteiger partial charge < -0.3 is 13.9 Å². The summed E-state index contributed by atoms with van der Waals surface area (Å²) in [5, 5.41) is 24.8. The van der Waals surface area contributed by atoms with Crippen LogP contribution in [0.2, 0.25) is 0 Å². The lowest BCUT2D eigenvalue weighted by molar-refractivity contribution is -0.402. The van der Waals surface area contributed by atoms with Crippen LogP contribution in [-0.2, 0) is 0 Å². The summed E-state index contributed by atoms with van der Waals surface area (Å²) in [5.74, 6) is -1.07. The van der Waals surface area contributed by atoms with Crippen molar-refractivity contribution in [3.63, 3.8) is 0 Å². The zero-order valence-corrected chi connectivity index (χ0v) is 16.1. The number of nitrogens with zero attached hydrogens (tertiary/aromatic N) is 2. The number of nitro groups is 1. The van der Waals surface area contributed by atoms with Gasteiger partial charge in [-0.2, -0.15) is 5.10 Å². The molecule has 0 spiro atoms. The number of halogens is 2. The summed E-state index contributed by atoms with van der Waals surface area (Å²) in [6.07, 6.45) is 1.12. The molecule has 2 N–H and O–H groups in total. The van der Waals surface area contributed by atoms with Crippen LogP contribution in [0.1, 0.15) is 21.9 Å². The molecular formula is C15H9Br2N3O6. The Kier molecular flexibility index (Phi) is 4.83. The van der Waals surface area contributed by atoms with E-state index >= 15 is 0 Å². The molecule has 1 amide bonds. The van der Waals surface area contributed by atoms with Crippen molar-refractivity contribution in [1.29, 1.82) is 0 Å². The number of rotatable bonds is 4. The molecule has 1 aromatic carbocycles. The summed E-state index contributed by atoms with van der Waals surface area (Å²) in [4.78, 5) is 22.1. The topological polar surface area (TPSA) is 131 Å². The molecule has 0 saturated carbocycles. The van der Waals surface area contributed by atoms with Gasteiger partial charge in [-0.05, 0) is 50.9 Å². The van der Waals surface area contributed by atoms with Crippen LogP contribution < -0.4 is 5.43 Å². The Hall–Kier alpha value is -2.66. The summed E-state index contributed by atoms with van der Waals surface area (Å²) in [5.41, 5.74) is 2.99. The maximum atomic E-state index is 12.3. The van der Waals surface area contributed by atoms with Crippen molar-refractivity contribution in [2.24, 2.45) is 5.10 Å². The van der Waals surface area contributed by atoms with E-state index in [0.29, 0.717) is 25.5 Å². The summed E-state index contributed by atoms with van der Waals surface area (Å²) in [6.45, 7) is 1.62. The lowest BCUT2D eigenvalue weighted by Gasteiger charge is -2.00. The number of hydrazone groups is 1. The largest absolute Gasteiger partial charge is 0.506 e. The maximum Gasteiger partial charge on any atom is 0.433 e. The van der Waals surface area contributed by atoms with E-state index in [1.54, 1.807) is 13.0 Å². The zero-order valence-electron chi connectivity index (χ0n) is 12.9. The fourth-order valence-corrected chi connectivity index (χ4v) is 3.51. The smallest absolute Gasteiger partial charge is 0.433 e. The van der Waals surface area contributed by atoms with Crippen LogP contribution in [0.15, 0.2) is 41.1 Å². The maximum absolute atomic E-state index is 12.3. The number of hydrogen-bond donors (Lipinski definition) is 2. The van der Waals surface area contributed by atoms with Gasteiger partial charge in [0.15, 0.2) is 17.1 Å². The minimum absolute atomic E-state index is 0.0309. The molecule has 0 saturated heterocycles. The lowest BCUT2D eigenvalue weighted by atomic mass is 10.1. The fraction of sp³-hybridized carbons (Fsp3) is 0.0667. The van der Waals surface area contributed by atoms with E-state index in [9.17, 15) is 20.0 Å². The third-order valence-electron chi connectivity index (χ3n) is 3.44. The highest BCUT2D eigenvalue weighted by Crippen LogP contribution is 2.41. The molecule has 0 bridgehead atoms. The summed E-state index contributed by atoms with van der Waals surface area (Å²) >= 11 is 6.54. The first-order valence-corrected chi connectivity index (χ1v) is 8.56. The fourth-order valence-electron chi connectivity index (χ4n) is 2.26. The summed E-state index contributed by atoms with van der Waals surface area (Å²) < 4.78 is 11.4. The Bertz CT molecular complexity index is 1070. The Morgan fingerprint density at radius 2 is 2.08 bits per heavy atom. The molecule has 0 radical (unpaired) electrons. The number of fused-ring (bicyclic) bond motifs is 1. The Morgan fingerprint density at radius 3 is 2.73 bits per heavy atom. The van der Waals surface area contributed by atoms with Gasteiger partial charge in [0.2, 0.25) is 0 Å². The Labute approximate surface area is 162 Å². The molecule has 0 fully saturated rings. The van der Waals surface area contributed by atoms with Crippen LogP contribution >= 0.6 is 31.9 Å². The number of nitrogens with one attached hydrogen (secondary N) is 1. The van der Waals surface area contributed by atoms with Crippen molar-refractivity contribution in [2.75, 3.05) is 0 Å². The molecule has 0 atom stereocenters. The number of phenols is 1. The second-order valence-corrected chi connectivity index (χ2v) is 6.79. The number of hydrogen-bond acceptors (Lipinski definition) is 7. The second-order valence-electron chi connectivity index (χ2n) is 5.08. The van der Waals surface area contributed by atoms with Gasteiger partial charge in [-0.1, -0.05) is 0 Å². The van der Waals surface area contributed by atoms with Gasteiger partial charge in [0.1, 0.15) is 10.7 Å². The highest BCUT2D eigenvalue weighted by atomic mass is 79.9. The third-order valence-corrected chi connectivity index (χ3v) is 4.63. The highest BCUT2D eigenvalue weighted by molar-refractivity contribution is 9.11. The number of benzene rings is 1. The Morgan fingerprint density at radius 1 is 1.35 bits per heavy atom. The zero-order chi connectivity index (χ0) is 19.0. The van der Waals surface area contributed by atoms with Crippen molar-refractivity contribution in [3.8, 4) is 5.75 Å². The van der Waals surface area contributed by atoms with Crippen molar-refractivity contribution in [3.05, 3.63) is 54.3 Å². The van der Waals surface area contributed by atoms with E-state index < -0.39 is 16.7 Å². The van der Waals surface area contributed by atoms with E-state index in [2.05, 4.69) is 42.4 Å². The van der Waals surface area contributed by atoms with Gasteiger partial charge in [-0.15, -0.1) is 0 Å². The molecule has 0 aliphatic carbocycles. The Balaban J connectivity index is 1.85. The molecule has 3 aromatic rings. The highest BCUT2D eigenvalue weighted by Gasteiger charge is 2.22. The standard InChI is InChI=1S/C15H9Br2N3O6/c1-6-11-12(21)8(16)4-9(17)14(11)26-13(6)15(22)19-18-5-7-2-3-10(25-7)20(23)24/h2-5,21H,1H3,(H,19,22)/b18-5+. The van der Waals surface area contributed by atoms with Crippen molar-refractivity contribution >= 4 is 60.8 Å². The number of aryl methyl sites for hydroxylation is 1. The molecule has 2 aromatic heterocycles. The van der Waals surface area contributed by atoms with Crippen LogP contribution in [0, 0.1) is 17.0 Å². The molecule has 0 aliphatic rings. The van der Waals surface area contributed by atoms with Crippen molar-refractivity contribution < 1.29 is 23.7 Å². The van der Waals surface area contributed by atoms with Gasteiger partial charge in [0.05, 0.1) is 26.6 Å². The molecule has 26 heavy (non-hydrogen) atoms. The van der Waals surface area contributed by atoms with Gasteiger partial charge in [-0.3, -0.25) is 14.9 Å². The normalized spacial score (nSPS) is 11.3. The predicted octanol–water partition coefficient (Wildman–Crippen LogP) is 4.24. The number of furan rings is 2. The van der Waals surface area contributed by atoms with E-state index in [4.69, 9.17) is 8.83 Å². The van der Waals surface area contributed by atoms with E-state index in [0.717, 1.165) is 6.21 Å². The van der Waals surface area contributed by atoms with Gasteiger partial charge in [0, 0.05) is 5.56 Å². The minimum atomic E-state index is -0.684. The molecule has 9 nitrogen and oxygen atoms in total. The first-order chi connectivity index (χ1) is 12.3. The van der Waals surface area contributed by atoms with Crippen LogP contribution in [-0.4, -0.2) is 22.2 Å². The van der Waals surface area contributed by atoms with Gasteiger partial charge >= 0.3 is 11.8 Å². The van der Waals surface area contributed by atoms with Crippen LogP contribution in [0.25, 0.3) is 11.0 Å². The minimum Gasteiger partial charge on any atom is -0.506 e. The quantitative estimate of drug-likeness (QED) is 0.322. The molecular weight excluding hydrogens is 478 g/mol. The van der Waals surface area contributed by atoms with E-state index in [-0.39, 0.29) is 17.3 Å². The lowest BCUT2D eigenvalue weighted by Crippen LogP contribution is -2.17. The number of aromatic hydroxyl groups is 1. The number of phenolic OH excluding ortho intramolecular Hbond substituents is 1. The summed E-state index contributed by atoms with van der Waals surface area (Å²) in [6, 6.07) is 4.11. The monoisotopic (exact) mass is 485 g/mol. The van der Waals surface area contributed by atoms with Crippen LogP contribution in [0.3, 0.4) is 0 Å². The van der Waals surface area contributed by atoms with E-state index in [1.165, 1.54) is 12.1 Å². The van der Waals surface area contributed by atoms with E-state index in [1.807, 2.05) is 0 Å². The second kappa shape index (κ2) is 6.92. The first-order valence-electron chi connectivity index (χ1n) is 6.97. The third kappa shape index (κ3) is 3.22. The molecule has 11 heteroatoms. The molecule has 2 heterocycles. The average Bonchev–Trinajstić information content (AvgIpc) is 3.18. The van der Waals surface area contributed by atoms with Crippen LogP contribution in [0.5, 0.6) is 5.75 Å². The first kappa shape index (κ1) is 18.1. The van der Waals surface area contributed by atoms with Gasteiger partial charge in [0.25, 0.3) is 0 Å². The molecule has 134 valence electrons. The summed E-state index contributed by atoms with van der Waals surface area (Å²) in [7, 11) is 0. The molecule has 0 aliphatic heterocycles. The van der Waals surface area contributed by atoms with Crippen molar-refractivity contribution in [1.82, 2.24) is 5.43 Å². The number of carbonyl (C=O) groups excluding carboxylic acids is 1. The molecule has 0 unspecified atom stereocenters.